The predicted octanol–water partition coefficient (Wildman–Crippen LogP) is 2.92. The summed E-state index contributed by atoms with van der Waals surface area (Å²) in [4.78, 5) is 26.1. The molecule has 1 amide bonds. The maximum Gasteiger partial charge on any atom is 0.490 e. The lowest BCUT2D eigenvalue weighted by atomic mass is 9.89. The van der Waals surface area contributed by atoms with Gasteiger partial charge in [-0.15, -0.1) is 0 Å². The van der Waals surface area contributed by atoms with Crippen molar-refractivity contribution in [3.05, 3.63) is 23.7 Å². The summed E-state index contributed by atoms with van der Waals surface area (Å²) in [5.41, 5.74) is 0.726. The van der Waals surface area contributed by atoms with Crippen molar-refractivity contribution in [2.75, 3.05) is 13.1 Å². The number of fused-ring (bicyclic) bond motifs is 3. The summed E-state index contributed by atoms with van der Waals surface area (Å²) in [5.74, 6) is -1.89. The van der Waals surface area contributed by atoms with Gasteiger partial charge in [0.25, 0.3) is 5.91 Å². The molecule has 4 heterocycles. The van der Waals surface area contributed by atoms with Gasteiger partial charge in [-0.05, 0) is 39.7 Å². The largest absolute Gasteiger partial charge is 0.490 e. The average Bonchev–Trinajstić information content (AvgIpc) is 3.00. The number of carboxylic acid groups (broad SMARTS) is 1. The minimum absolute atomic E-state index is 0.143. The third-order valence-corrected chi connectivity index (χ3v) is 4.83. The Kier molecular flexibility index (Phi) is 6.00. The van der Waals surface area contributed by atoms with Crippen LogP contribution in [0.3, 0.4) is 0 Å². The molecule has 1 aromatic heterocycles. The highest BCUT2D eigenvalue weighted by molar-refractivity contribution is 5.95. The van der Waals surface area contributed by atoms with Crippen molar-refractivity contribution in [1.29, 1.82) is 0 Å². The number of carbonyl (C=O) groups excluding carboxylic acids is 1. The number of hydrogen-bond donors (Lipinski definition) is 1. The molecule has 4 rings (SSSR count). The van der Waals surface area contributed by atoms with Gasteiger partial charge in [0, 0.05) is 31.2 Å². The van der Waals surface area contributed by atoms with Crippen molar-refractivity contribution in [2.45, 2.75) is 57.9 Å². The van der Waals surface area contributed by atoms with Crippen molar-refractivity contribution >= 4 is 11.9 Å². The lowest BCUT2D eigenvalue weighted by Gasteiger charge is -2.53. The normalized spacial score (nSPS) is 23.0. The lowest BCUT2D eigenvalue weighted by molar-refractivity contribution is -0.192. The molecule has 0 aromatic carbocycles. The van der Waals surface area contributed by atoms with Crippen molar-refractivity contribution in [1.82, 2.24) is 9.80 Å². The van der Waals surface area contributed by atoms with E-state index in [1.54, 1.807) is 12.3 Å². The first kappa shape index (κ1) is 20.3. The molecule has 1 aromatic rings. The first-order valence-corrected chi connectivity index (χ1v) is 8.43. The number of aryl methyl sites for hydroxylation is 1. The van der Waals surface area contributed by atoms with Crippen LogP contribution in [-0.4, -0.2) is 64.2 Å². The van der Waals surface area contributed by atoms with Crippen molar-refractivity contribution in [3.63, 3.8) is 0 Å². The number of piperazine rings is 1. The number of rotatable bonds is 2. The van der Waals surface area contributed by atoms with Crippen molar-refractivity contribution in [2.24, 2.45) is 0 Å². The lowest BCUT2D eigenvalue weighted by Crippen LogP contribution is -2.65. The molecule has 9 heteroatoms. The number of piperidine rings is 2. The van der Waals surface area contributed by atoms with Gasteiger partial charge in [0.2, 0.25) is 0 Å². The zero-order valence-corrected chi connectivity index (χ0v) is 14.9. The van der Waals surface area contributed by atoms with Crippen LogP contribution in [0.2, 0.25) is 0 Å². The zero-order chi connectivity index (χ0) is 19.6. The number of alkyl halides is 3. The number of amides is 1. The molecule has 3 saturated heterocycles. The molecule has 3 aliphatic rings. The van der Waals surface area contributed by atoms with E-state index in [0.29, 0.717) is 18.1 Å². The summed E-state index contributed by atoms with van der Waals surface area (Å²) in [5, 5.41) is 7.12. The second-order valence-electron chi connectivity index (χ2n) is 6.83. The smallest absolute Gasteiger partial charge is 0.475 e. The van der Waals surface area contributed by atoms with E-state index < -0.39 is 12.1 Å². The summed E-state index contributed by atoms with van der Waals surface area (Å²) >= 11 is 0. The minimum atomic E-state index is -5.08. The second kappa shape index (κ2) is 7.69. The highest BCUT2D eigenvalue weighted by atomic mass is 19.4. The fourth-order valence-corrected chi connectivity index (χ4v) is 3.50. The molecular formula is C17H23F3N2O4. The number of halogens is 3. The molecule has 26 heavy (non-hydrogen) atoms. The number of carboxylic acids is 1. The quantitative estimate of drug-likeness (QED) is 0.859. The molecule has 2 unspecified atom stereocenters. The van der Waals surface area contributed by atoms with E-state index in [1.165, 1.54) is 6.42 Å². The van der Waals surface area contributed by atoms with Crippen LogP contribution in [0.1, 0.15) is 42.8 Å². The topological polar surface area (TPSA) is 74.0 Å². The monoisotopic (exact) mass is 376 g/mol. The summed E-state index contributed by atoms with van der Waals surface area (Å²) < 4.78 is 37.0. The van der Waals surface area contributed by atoms with E-state index in [2.05, 4.69) is 23.6 Å². The molecular weight excluding hydrogens is 353 g/mol. The zero-order valence-electron chi connectivity index (χ0n) is 14.9. The van der Waals surface area contributed by atoms with E-state index in [0.717, 1.165) is 30.8 Å². The molecule has 0 saturated carbocycles. The highest BCUT2D eigenvalue weighted by Crippen LogP contribution is 2.31. The molecule has 146 valence electrons. The van der Waals surface area contributed by atoms with Gasteiger partial charge in [-0.2, -0.15) is 13.2 Å². The van der Waals surface area contributed by atoms with Crippen LogP contribution in [0.15, 0.2) is 16.7 Å². The van der Waals surface area contributed by atoms with Crippen LogP contribution in [0.4, 0.5) is 13.2 Å². The Morgan fingerprint density at radius 3 is 2.19 bits per heavy atom. The Balaban J connectivity index is 0.000000298. The fourth-order valence-electron chi connectivity index (χ4n) is 3.50. The number of hydrogen-bond acceptors (Lipinski definition) is 4. The minimum Gasteiger partial charge on any atom is -0.475 e. The molecule has 3 fully saturated rings. The summed E-state index contributed by atoms with van der Waals surface area (Å²) in [7, 11) is 0. The van der Waals surface area contributed by atoms with Gasteiger partial charge in [0.1, 0.15) is 5.76 Å². The Labute approximate surface area is 149 Å². The van der Waals surface area contributed by atoms with Gasteiger partial charge in [-0.25, -0.2) is 4.79 Å². The summed E-state index contributed by atoms with van der Waals surface area (Å²) in [6.45, 7) is 8.23. The Hall–Kier alpha value is -2.03. The standard InChI is InChI=1S/C15H22N2O2.C2HF3O2/c1-10(2)16-8-13-5-4-12(16)9-17(13)15(18)14-6-7-19-11(14)3;3-2(4,5)1(6)7/h6-7,10,12-13H,4-5,8-9H2,1-3H3;(H,6,7). The maximum absolute atomic E-state index is 12.6. The maximum atomic E-state index is 12.6. The van der Waals surface area contributed by atoms with Crippen LogP contribution in [0.5, 0.6) is 0 Å². The van der Waals surface area contributed by atoms with Crippen LogP contribution in [0, 0.1) is 6.92 Å². The predicted molar refractivity (Wildman–Crippen MR) is 86.8 cm³/mol. The van der Waals surface area contributed by atoms with Gasteiger partial charge in [0.05, 0.1) is 11.8 Å². The fraction of sp³-hybridized carbons (Fsp3) is 0.647. The van der Waals surface area contributed by atoms with Gasteiger partial charge >= 0.3 is 12.1 Å². The molecule has 3 aliphatic heterocycles. The Morgan fingerprint density at radius 1 is 1.23 bits per heavy atom. The average molecular weight is 376 g/mol. The Bertz CT molecular complexity index is 657. The third-order valence-electron chi connectivity index (χ3n) is 4.83. The van der Waals surface area contributed by atoms with Crippen LogP contribution >= 0.6 is 0 Å². The van der Waals surface area contributed by atoms with E-state index in [4.69, 9.17) is 14.3 Å². The van der Waals surface area contributed by atoms with Crippen molar-refractivity contribution in [3.8, 4) is 0 Å². The van der Waals surface area contributed by atoms with Gasteiger partial charge in [-0.3, -0.25) is 9.69 Å². The number of aliphatic carboxylic acids is 1. The van der Waals surface area contributed by atoms with Crippen molar-refractivity contribution < 1.29 is 32.3 Å². The third kappa shape index (κ3) is 4.38. The second-order valence-corrected chi connectivity index (χ2v) is 6.83. The first-order chi connectivity index (χ1) is 12.0. The van der Waals surface area contributed by atoms with E-state index >= 15 is 0 Å². The molecule has 1 N–H and O–H groups in total. The van der Waals surface area contributed by atoms with Gasteiger partial charge in [-0.1, -0.05) is 0 Å². The number of furan rings is 1. The van der Waals surface area contributed by atoms with E-state index in [-0.39, 0.29) is 5.91 Å². The molecule has 0 radical (unpaired) electrons. The number of nitrogens with zero attached hydrogens (tertiary/aromatic N) is 2. The van der Waals surface area contributed by atoms with E-state index in [1.807, 2.05) is 6.92 Å². The van der Waals surface area contributed by atoms with Gasteiger partial charge < -0.3 is 14.4 Å². The van der Waals surface area contributed by atoms with Crippen LogP contribution < -0.4 is 0 Å². The summed E-state index contributed by atoms with van der Waals surface area (Å²) in [6.07, 6.45) is -1.13. The molecule has 0 spiro atoms. The molecule has 0 aliphatic carbocycles. The Morgan fingerprint density at radius 2 is 1.81 bits per heavy atom. The van der Waals surface area contributed by atoms with Gasteiger partial charge in [0.15, 0.2) is 0 Å². The van der Waals surface area contributed by atoms with Crippen LogP contribution in [-0.2, 0) is 4.79 Å². The molecule has 2 atom stereocenters. The van der Waals surface area contributed by atoms with Crippen LogP contribution in [0.25, 0.3) is 0 Å². The number of carbonyl (C=O) groups is 2. The first-order valence-electron chi connectivity index (χ1n) is 8.43. The molecule has 6 nitrogen and oxygen atoms in total. The molecule has 2 bridgehead atoms. The highest BCUT2D eigenvalue weighted by Gasteiger charge is 2.42. The SMILES string of the molecule is Cc1occc1C(=O)N1CC2CCC1CN2C(C)C.O=C(O)C(F)(F)F. The van der Waals surface area contributed by atoms with E-state index in [9.17, 15) is 18.0 Å². The summed E-state index contributed by atoms with van der Waals surface area (Å²) in [6, 6.07) is 3.26.